The second-order valence-electron chi connectivity index (χ2n) is 9.01. The van der Waals surface area contributed by atoms with Crippen molar-refractivity contribution in [3.8, 4) is 11.5 Å². The van der Waals surface area contributed by atoms with Gasteiger partial charge >= 0.3 is 0 Å². The van der Waals surface area contributed by atoms with Crippen LogP contribution >= 0.6 is 0 Å². The zero-order valence-electron chi connectivity index (χ0n) is 19.4. The van der Waals surface area contributed by atoms with Crippen LogP contribution in [0, 0.1) is 0 Å². The average Bonchev–Trinajstić information content (AvgIpc) is 3.66. The van der Waals surface area contributed by atoms with Gasteiger partial charge in [-0.2, -0.15) is 5.10 Å². The summed E-state index contributed by atoms with van der Waals surface area (Å²) in [5.74, 6) is 0.793. The number of imidazole rings is 1. The van der Waals surface area contributed by atoms with E-state index in [1.807, 2.05) is 0 Å². The number of nitrogens with zero attached hydrogens (tertiary/aromatic N) is 5. The predicted molar refractivity (Wildman–Crippen MR) is 124 cm³/mol. The van der Waals surface area contributed by atoms with Gasteiger partial charge in [-0.3, -0.25) is 14.5 Å². The molecule has 0 bridgehead atoms. The molecule has 0 radical (unpaired) electrons. The molecular weight excluding hydrogens is 456 g/mol. The van der Waals surface area contributed by atoms with E-state index in [1.165, 1.54) is 6.33 Å². The molecule has 2 fully saturated rings. The lowest BCUT2D eigenvalue weighted by atomic mass is 10.1. The maximum absolute atomic E-state index is 11.8. The van der Waals surface area contributed by atoms with Crippen LogP contribution in [0.5, 0.6) is 0 Å². The van der Waals surface area contributed by atoms with Crippen molar-refractivity contribution in [2.75, 3.05) is 19.0 Å². The molecule has 1 aliphatic carbocycles. The Bertz CT molecular complexity index is 1190. The first-order valence-corrected chi connectivity index (χ1v) is 11.9. The maximum Gasteiger partial charge on any atom is 0.220 e. The van der Waals surface area contributed by atoms with E-state index in [9.17, 15) is 20.1 Å². The van der Waals surface area contributed by atoms with Gasteiger partial charge in [-0.25, -0.2) is 15.0 Å². The zero-order chi connectivity index (χ0) is 24.5. The Morgan fingerprint density at radius 1 is 1.26 bits per heavy atom. The van der Waals surface area contributed by atoms with Crippen LogP contribution in [0.25, 0.3) is 22.7 Å². The Morgan fingerprint density at radius 3 is 2.77 bits per heavy atom. The highest BCUT2D eigenvalue weighted by Crippen LogP contribution is 2.34. The van der Waals surface area contributed by atoms with Gasteiger partial charge in [-0.1, -0.05) is 12.8 Å². The summed E-state index contributed by atoms with van der Waals surface area (Å²) in [6.07, 6.45) is 3.84. The van der Waals surface area contributed by atoms with Crippen LogP contribution in [-0.2, 0) is 16.0 Å². The number of aryl methyl sites for hydroxylation is 1. The summed E-state index contributed by atoms with van der Waals surface area (Å²) in [7, 11) is 1.59. The van der Waals surface area contributed by atoms with Crippen LogP contribution in [0.4, 0.5) is 5.82 Å². The van der Waals surface area contributed by atoms with Gasteiger partial charge < -0.3 is 30.7 Å². The molecule has 6 N–H and O–H groups in total. The van der Waals surface area contributed by atoms with E-state index in [4.69, 9.17) is 14.7 Å². The van der Waals surface area contributed by atoms with Gasteiger partial charge in [0, 0.05) is 31.3 Å². The largest absolute Gasteiger partial charge is 0.394 e. The lowest BCUT2D eigenvalue weighted by Crippen LogP contribution is -2.33. The first kappa shape index (κ1) is 23.6. The smallest absolute Gasteiger partial charge is 0.220 e. The number of fused-ring (bicyclic) bond motifs is 1. The molecule has 35 heavy (non-hydrogen) atoms. The van der Waals surface area contributed by atoms with Crippen LogP contribution in [-0.4, -0.2) is 89.0 Å². The van der Waals surface area contributed by atoms with E-state index in [2.05, 4.69) is 25.8 Å². The number of H-pyrrole nitrogens is 1. The molecule has 3 aromatic heterocycles. The van der Waals surface area contributed by atoms with Gasteiger partial charge in [0.2, 0.25) is 5.91 Å². The molecule has 188 valence electrons. The summed E-state index contributed by atoms with van der Waals surface area (Å²) >= 11 is 0. The first-order valence-electron chi connectivity index (χ1n) is 11.9. The third-order valence-electron chi connectivity index (χ3n) is 6.74. The van der Waals surface area contributed by atoms with Gasteiger partial charge in [0.05, 0.1) is 12.9 Å². The molecule has 1 saturated carbocycles. The molecule has 2 aliphatic rings. The van der Waals surface area contributed by atoms with Crippen molar-refractivity contribution >= 4 is 22.9 Å². The van der Waals surface area contributed by atoms with Crippen LogP contribution in [0.15, 0.2) is 12.5 Å². The van der Waals surface area contributed by atoms with E-state index in [0.29, 0.717) is 41.3 Å². The molecule has 1 saturated heterocycles. The molecule has 4 heterocycles. The second kappa shape index (κ2) is 9.85. The molecule has 4 atom stereocenters. The summed E-state index contributed by atoms with van der Waals surface area (Å²) in [4.78, 5) is 25.7. The Kier molecular flexibility index (Phi) is 6.65. The van der Waals surface area contributed by atoms with Crippen LogP contribution in [0.2, 0.25) is 0 Å². The molecule has 0 aromatic carbocycles. The number of hydrogen-bond acceptors (Lipinski definition) is 10. The number of carbonyl (C=O) groups is 1. The number of carbonyl (C=O) groups excluding carboxylic acids is 1. The molecule has 0 spiro atoms. The maximum atomic E-state index is 11.8. The average molecular weight is 487 g/mol. The van der Waals surface area contributed by atoms with Gasteiger partial charge in [0.25, 0.3) is 0 Å². The van der Waals surface area contributed by atoms with E-state index in [-0.39, 0.29) is 11.9 Å². The Labute approximate surface area is 201 Å². The quantitative estimate of drug-likeness (QED) is 0.250. The van der Waals surface area contributed by atoms with Crippen molar-refractivity contribution in [3.05, 3.63) is 18.1 Å². The minimum Gasteiger partial charge on any atom is -0.394 e. The Morgan fingerprint density at radius 2 is 2.06 bits per heavy atom. The monoisotopic (exact) mass is 486 g/mol. The number of ether oxygens (including phenoxy) is 1. The van der Waals surface area contributed by atoms with E-state index < -0.39 is 31.1 Å². The fourth-order valence-corrected chi connectivity index (χ4v) is 4.75. The van der Waals surface area contributed by atoms with Crippen molar-refractivity contribution < 1.29 is 24.9 Å². The zero-order valence-corrected chi connectivity index (χ0v) is 19.4. The number of nitrogens with one attached hydrogen (secondary N) is 3. The van der Waals surface area contributed by atoms with E-state index >= 15 is 0 Å². The molecular formula is C22H30N8O5. The SMILES string of the molecule is CNC(=O)CCc1c[nH]nc1-c1nc(NC2CCCC2)c2ncn([C@@H]3O[C@@H](CO)[C@H](O)[C@@H]3O)c2n1. The van der Waals surface area contributed by atoms with Crippen molar-refractivity contribution in [2.24, 2.45) is 0 Å². The third-order valence-corrected chi connectivity index (χ3v) is 6.74. The summed E-state index contributed by atoms with van der Waals surface area (Å²) in [5, 5.41) is 43.6. The lowest BCUT2D eigenvalue weighted by molar-refractivity contribution is -0.120. The molecule has 3 aromatic rings. The summed E-state index contributed by atoms with van der Waals surface area (Å²) in [6.45, 7) is -0.432. The molecule has 13 nitrogen and oxygen atoms in total. The summed E-state index contributed by atoms with van der Waals surface area (Å²) < 4.78 is 7.26. The van der Waals surface area contributed by atoms with Crippen molar-refractivity contribution in [2.45, 2.75) is 69.1 Å². The highest BCUT2D eigenvalue weighted by Gasteiger charge is 2.44. The van der Waals surface area contributed by atoms with Crippen molar-refractivity contribution in [1.82, 2.24) is 35.0 Å². The lowest BCUT2D eigenvalue weighted by Gasteiger charge is -2.18. The van der Waals surface area contributed by atoms with Crippen LogP contribution in [0.3, 0.4) is 0 Å². The van der Waals surface area contributed by atoms with E-state index in [1.54, 1.807) is 17.8 Å². The molecule has 1 aliphatic heterocycles. The van der Waals surface area contributed by atoms with Gasteiger partial charge in [0.1, 0.15) is 24.0 Å². The standard InChI is InChI=1S/C22H30N8O5/c1-23-14(32)7-6-11-8-25-29-15(11)19-27-20(26-12-4-2-3-5-12)16-21(28-19)30(10-24-16)22-18(34)17(33)13(9-31)35-22/h8,10,12-13,17-18,22,31,33-34H,2-7,9H2,1H3,(H,23,32)(H,25,29)(H,26,27,28)/t13-,17-,18-,22+/m0/s1. The number of aliphatic hydroxyl groups excluding tert-OH is 3. The number of aromatic amines is 1. The normalized spacial score (nSPS) is 24.9. The number of anilines is 1. The molecule has 13 heteroatoms. The molecule has 0 unspecified atom stereocenters. The minimum atomic E-state index is -1.28. The topological polar surface area (TPSA) is 183 Å². The van der Waals surface area contributed by atoms with Crippen molar-refractivity contribution in [3.63, 3.8) is 0 Å². The highest BCUT2D eigenvalue weighted by molar-refractivity contribution is 5.85. The van der Waals surface area contributed by atoms with Gasteiger partial charge in [-0.15, -0.1) is 0 Å². The Balaban J connectivity index is 1.57. The minimum absolute atomic E-state index is 0.0837. The molecule has 5 rings (SSSR count). The highest BCUT2D eigenvalue weighted by atomic mass is 16.6. The number of amides is 1. The Hall–Kier alpha value is -3.13. The van der Waals surface area contributed by atoms with Crippen molar-refractivity contribution in [1.29, 1.82) is 0 Å². The van der Waals surface area contributed by atoms with E-state index in [0.717, 1.165) is 31.2 Å². The van der Waals surface area contributed by atoms with Crippen LogP contribution in [0.1, 0.15) is 43.9 Å². The number of aliphatic hydroxyl groups is 3. The number of hydrogen-bond donors (Lipinski definition) is 6. The third kappa shape index (κ3) is 4.47. The molecule has 1 amide bonds. The summed E-state index contributed by atoms with van der Waals surface area (Å²) in [5.41, 5.74) is 2.20. The van der Waals surface area contributed by atoms with Gasteiger partial charge in [-0.05, 0) is 19.3 Å². The predicted octanol–water partition coefficient (Wildman–Crippen LogP) is -0.139. The fraction of sp³-hybridized carbons (Fsp3) is 0.591. The fourth-order valence-electron chi connectivity index (χ4n) is 4.75. The summed E-state index contributed by atoms with van der Waals surface area (Å²) in [6, 6.07) is 0.256. The number of aromatic nitrogens is 6. The first-order chi connectivity index (χ1) is 17.0. The van der Waals surface area contributed by atoms with Crippen LogP contribution < -0.4 is 10.6 Å². The van der Waals surface area contributed by atoms with Gasteiger partial charge in [0.15, 0.2) is 29.0 Å². The number of rotatable bonds is 8. The second-order valence-corrected chi connectivity index (χ2v) is 9.01.